The van der Waals surface area contributed by atoms with Crippen LogP contribution in [0.1, 0.15) is 41.8 Å². The molecule has 0 aliphatic heterocycles. The van der Waals surface area contributed by atoms with Gasteiger partial charge in [-0.1, -0.05) is 19.9 Å². The van der Waals surface area contributed by atoms with Gasteiger partial charge in [0, 0.05) is 17.8 Å². The zero-order chi connectivity index (χ0) is 19.3. The van der Waals surface area contributed by atoms with Crippen LogP contribution < -0.4 is 10.0 Å². The molecule has 0 heterocycles. The van der Waals surface area contributed by atoms with E-state index in [4.69, 9.17) is 0 Å². The van der Waals surface area contributed by atoms with Crippen LogP contribution in [0.4, 0.5) is 5.69 Å². The summed E-state index contributed by atoms with van der Waals surface area (Å²) in [6, 6.07) is 11.4. The molecule has 0 unspecified atom stereocenters. The summed E-state index contributed by atoms with van der Waals surface area (Å²) in [5.41, 5.74) is 2.88. The number of hydrogen-bond donors (Lipinski definition) is 2. The molecule has 0 bridgehead atoms. The van der Waals surface area contributed by atoms with Crippen LogP contribution in [0.2, 0.25) is 0 Å². The smallest absolute Gasteiger partial charge is 0.261 e. The number of sulfonamides is 1. The number of nitrogens with one attached hydrogen (secondary N) is 2. The Balaban J connectivity index is 2.06. The quantitative estimate of drug-likeness (QED) is 0.772. The lowest BCUT2D eigenvalue weighted by atomic mass is 10.1. The van der Waals surface area contributed by atoms with Crippen LogP contribution in [-0.2, 0) is 10.0 Å². The molecule has 0 saturated carbocycles. The zero-order valence-corrected chi connectivity index (χ0v) is 16.5. The molecule has 0 aliphatic rings. The maximum absolute atomic E-state index is 12.5. The maximum atomic E-state index is 12.5. The minimum Gasteiger partial charge on any atom is -0.352 e. The third-order valence-electron chi connectivity index (χ3n) is 4.20. The van der Waals surface area contributed by atoms with Crippen molar-refractivity contribution in [3.63, 3.8) is 0 Å². The van der Waals surface area contributed by atoms with E-state index in [1.165, 1.54) is 0 Å². The minimum absolute atomic E-state index is 0.158. The lowest BCUT2D eigenvalue weighted by Crippen LogP contribution is -2.25. The Morgan fingerprint density at radius 2 is 1.65 bits per heavy atom. The normalized spacial score (nSPS) is 11.4. The second-order valence-corrected chi connectivity index (χ2v) is 8.55. The fourth-order valence-electron chi connectivity index (χ4n) is 2.36. The summed E-state index contributed by atoms with van der Waals surface area (Å²) >= 11 is 0. The Morgan fingerprint density at radius 3 is 2.23 bits per heavy atom. The van der Waals surface area contributed by atoms with Gasteiger partial charge in [0.15, 0.2) is 0 Å². The molecule has 2 rings (SSSR count). The van der Waals surface area contributed by atoms with Crippen molar-refractivity contribution in [2.75, 3.05) is 11.3 Å². The summed E-state index contributed by atoms with van der Waals surface area (Å²) in [6.07, 6.45) is 0.916. The Labute approximate surface area is 155 Å². The number of carbonyl (C=O) groups excluding carboxylic acids is 1. The molecular formula is C20H26N2O3S. The highest BCUT2D eigenvalue weighted by molar-refractivity contribution is 7.92. The molecule has 2 N–H and O–H groups in total. The van der Waals surface area contributed by atoms with Gasteiger partial charge in [0.05, 0.1) is 4.90 Å². The van der Waals surface area contributed by atoms with Crippen molar-refractivity contribution in [2.45, 2.75) is 39.0 Å². The Bertz CT molecular complexity index is 872. The molecule has 0 atom stereocenters. The van der Waals surface area contributed by atoms with Crippen LogP contribution in [0.15, 0.2) is 47.4 Å². The fourth-order valence-corrected chi connectivity index (χ4v) is 3.50. The van der Waals surface area contributed by atoms with Gasteiger partial charge in [0.25, 0.3) is 15.9 Å². The average molecular weight is 375 g/mol. The van der Waals surface area contributed by atoms with Crippen LogP contribution in [0.25, 0.3) is 0 Å². The molecule has 0 aromatic heterocycles. The predicted octanol–water partition coefficient (Wildman–Crippen LogP) is 3.88. The van der Waals surface area contributed by atoms with Gasteiger partial charge in [-0.25, -0.2) is 8.42 Å². The van der Waals surface area contributed by atoms with Crippen molar-refractivity contribution >= 4 is 21.6 Å². The first-order valence-corrected chi connectivity index (χ1v) is 10.2. The van der Waals surface area contributed by atoms with Crippen LogP contribution >= 0.6 is 0 Å². The van der Waals surface area contributed by atoms with Crippen molar-refractivity contribution in [2.24, 2.45) is 5.92 Å². The largest absolute Gasteiger partial charge is 0.352 e. The Morgan fingerprint density at radius 1 is 1.00 bits per heavy atom. The molecule has 2 aromatic rings. The van der Waals surface area contributed by atoms with Crippen molar-refractivity contribution in [1.29, 1.82) is 0 Å². The summed E-state index contributed by atoms with van der Waals surface area (Å²) in [7, 11) is -3.66. The van der Waals surface area contributed by atoms with Crippen LogP contribution in [0.3, 0.4) is 0 Å². The van der Waals surface area contributed by atoms with E-state index in [9.17, 15) is 13.2 Å². The van der Waals surface area contributed by atoms with Crippen molar-refractivity contribution < 1.29 is 13.2 Å². The van der Waals surface area contributed by atoms with E-state index < -0.39 is 10.0 Å². The minimum atomic E-state index is -3.66. The van der Waals surface area contributed by atoms with E-state index in [-0.39, 0.29) is 10.8 Å². The molecule has 26 heavy (non-hydrogen) atoms. The number of carbonyl (C=O) groups is 1. The van der Waals surface area contributed by atoms with Gasteiger partial charge >= 0.3 is 0 Å². The number of hydrogen-bond acceptors (Lipinski definition) is 3. The van der Waals surface area contributed by atoms with Gasteiger partial charge in [-0.15, -0.1) is 0 Å². The van der Waals surface area contributed by atoms with Gasteiger partial charge < -0.3 is 5.32 Å². The lowest BCUT2D eigenvalue weighted by Gasteiger charge is -2.11. The summed E-state index contributed by atoms with van der Waals surface area (Å²) in [5.74, 6) is 0.367. The summed E-state index contributed by atoms with van der Waals surface area (Å²) in [5, 5.41) is 2.86. The topological polar surface area (TPSA) is 75.3 Å². The number of rotatable bonds is 7. The first-order chi connectivity index (χ1) is 12.2. The third kappa shape index (κ3) is 5.33. The van der Waals surface area contributed by atoms with Gasteiger partial charge in [-0.05, 0) is 73.7 Å². The highest BCUT2D eigenvalue weighted by Gasteiger charge is 2.15. The Kier molecular flexibility index (Phi) is 6.42. The highest BCUT2D eigenvalue weighted by Crippen LogP contribution is 2.19. The van der Waals surface area contributed by atoms with Gasteiger partial charge in [0.2, 0.25) is 0 Å². The molecule has 1 amide bonds. The third-order valence-corrected chi connectivity index (χ3v) is 5.57. The maximum Gasteiger partial charge on any atom is 0.261 e. The number of aryl methyl sites for hydroxylation is 2. The number of benzene rings is 2. The highest BCUT2D eigenvalue weighted by atomic mass is 32.2. The van der Waals surface area contributed by atoms with E-state index in [2.05, 4.69) is 23.9 Å². The molecule has 0 aliphatic carbocycles. The second-order valence-electron chi connectivity index (χ2n) is 6.87. The fraction of sp³-hybridized carbons (Fsp3) is 0.350. The molecule has 0 spiro atoms. The van der Waals surface area contributed by atoms with E-state index in [0.717, 1.165) is 17.5 Å². The van der Waals surface area contributed by atoms with Crippen LogP contribution in [-0.4, -0.2) is 20.9 Å². The standard InChI is InChI=1S/C20H26N2O3S/c1-14(2)11-12-21-20(23)17-6-8-18(9-7-17)22-26(24,25)19-10-5-15(3)16(4)13-19/h5-10,13-14,22H,11-12H2,1-4H3,(H,21,23). The van der Waals surface area contributed by atoms with Crippen molar-refractivity contribution in [1.82, 2.24) is 5.32 Å². The molecule has 0 radical (unpaired) electrons. The van der Waals surface area contributed by atoms with E-state index >= 15 is 0 Å². The molecule has 0 saturated heterocycles. The van der Waals surface area contributed by atoms with E-state index in [1.807, 2.05) is 13.8 Å². The lowest BCUT2D eigenvalue weighted by molar-refractivity contribution is 0.0952. The van der Waals surface area contributed by atoms with E-state index in [1.54, 1.807) is 42.5 Å². The van der Waals surface area contributed by atoms with Gasteiger partial charge in [-0.3, -0.25) is 9.52 Å². The van der Waals surface area contributed by atoms with Gasteiger partial charge in [0.1, 0.15) is 0 Å². The first kappa shape index (κ1) is 20.0. The number of amides is 1. The molecule has 0 fully saturated rings. The monoisotopic (exact) mass is 374 g/mol. The molecule has 140 valence electrons. The molecule has 5 nitrogen and oxygen atoms in total. The summed E-state index contributed by atoms with van der Waals surface area (Å²) in [4.78, 5) is 12.3. The molecular weight excluding hydrogens is 348 g/mol. The van der Waals surface area contributed by atoms with Crippen molar-refractivity contribution in [3.8, 4) is 0 Å². The van der Waals surface area contributed by atoms with E-state index in [0.29, 0.717) is 23.7 Å². The summed E-state index contributed by atoms with van der Waals surface area (Å²) < 4.78 is 27.5. The second kappa shape index (κ2) is 8.36. The predicted molar refractivity (Wildman–Crippen MR) is 105 cm³/mol. The van der Waals surface area contributed by atoms with Gasteiger partial charge in [-0.2, -0.15) is 0 Å². The molecule has 2 aromatic carbocycles. The SMILES string of the molecule is Cc1ccc(S(=O)(=O)Nc2ccc(C(=O)NCCC(C)C)cc2)cc1C. The first-order valence-electron chi connectivity index (χ1n) is 8.67. The summed E-state index contributed by atoms with van der Waals surface area (Å²) in [6.45, 7) is 8.63. The average Bonchev–Trinajstić information content (AvgIpc) is 2.57. The molecule has 6 heteroatoms. The van der Waals surface area contributed by atoms with Crippen molar-refractivity contribution in [3.05, 3.63) is 59.2 Å². The number of anilines is 1. The zero-order valence-electron chi connectivity index (χ0n) is 15.7. The van der Waals surface area contributed by atoms with Crippen LogP contribution in [0, 0.1) is 19.8 Å². The van der Waals surface area contributed by atoms with Crippen LogP contribution in [0.5, 0.6) is 0 Å². The Hall–Kier alpha value is -2.34.